The van der Waals surface area contributed by atoms with E-state index in [0.29, 0.717) is 50.8 Å². The molecule has 32 heavy (non-hydrogen) atoms. The Kier molecular flexibility index (Phi) is 9.50. The molecule has 2 rings (SSSR count). The zero-order valence-corrected chi connectivity index (χ0v) is 21.3. The smallest absolute Gasteiger partial charge is 0.244 e. The van der Waals surface area contributed by atoms with Crippen molar-refractivity contribution in [1.82, 2.24) is 24.4 Å². The van der Waals surface area contributed by atoms with E-state index in [1.54, 1.807) is 24.8 Å². The van der Waals surface area contributed by atoms with Crippen LogP contribution in [0.3, 0.4) is 0 Å². The third kappa shape index (κ3) is 7.72. The first kappa shape index (κ1) is 26.6. The van der Waals surface area contributed by atoms with E-state index in [4.69, 9.17) is 0 Å². The Balaban J connectivity index is 1.81. The van der Waals surface area contributed by atoms with Crippen molar-refractivity contribution >= 4 is 33.6 Å². The molecule has 1 aliphatic rings. The third-order valence-electron chi connectivity index (χ3n) is 5.00. The lowest BCUT2D eigenvalue weighted by molar-refractivity contribution is -0.130. The van der Waals surface area contributed by atoms with Gasteiger partial charge in [-0.05, 0) is 32.9 Å². The number of nitrogens with zero attached hydrogens (tertiary/aromatic N) is 4. The first-order valence-electron chi connectivity index (χ1n) is 10.9. The lowest BCUT2D eigenvalue weighted by atomic mass is 10.1. The van der Waals surface area contributed by atoms with Gasteiger partial charge in [0.1, 0.15) is 4.90 Å². The van der Waals surface area contributed by atoms with Crippen LogP contribution in [0.2, 0.25) is 0 Å². The minimum absolute atomic E-state index is 0.00892. The molecule has 180 valence electrons. The highest BCUT2D eigenvalue weighted by molar-refractivity contribution is 7.99. The molecule has 0 saturated carbocycles. The Morgan fingerprint density at radius 1 is 1.12 bits per heavy atom. The van der Waals surface area contributed by atoms with Crippen molar-refractivity contribution < 1.29 is 18.0 Å². The topological polar surface area (TPSA) is 103 Å². The van der Waals surface area contributed by atoms with Crippen molar-refractivity contribution in [2.45, 2.75) is 50.1 Å². The van der Waals surface area contributed by atoms with Gasteiger partial charge in [-0.1, -0.05) is 25.6 Å². The van der Waals surface area contributed by atoms with Crippen LogP contribution in [0.5, 0.6) is 0 Å². The molecular formula is C21H35N5O4S2. The molecule has 0 atom stereocenters. The summed E-state index contributed by atoms with van der Waals surface area (Å²) in [7, 11) is -3.54. The van der Waals surface area contributed by atoms with Gasteiger partial charge in [0, 0.05) is 51.0 Å². The van der Waals surface area contributed by atoms with Gasteiger partial charge in [-0.3, -0.25) is 14.5 Å². The third-order valence-corrected chi connectivity index (χ3v) is 7.96. The van der Waals surface area contributed by atoms with Gasteiger partial charge in [0.2, 0.25) is 21.8 Å². The summed E-state index contributed by atoms with van der Waals surface area (Å²) in [4.78, 5) is 32.9. The van der Waals surface area contributed by atoms with Gasteiger partial charge in [0.05, 0.1) is 17.3 Å². The van der Waals surface area contributed by atoms with Crippen molar-refractivity contribution in [3.05, 3.63) is 18.3 Å². The fourth-order valence-electron chi connectivity index (χ4n) is 3.36. The van der Waals surface area contributed by atoms with Gasteiger partial charge in [-0.2, -0.15) is 4.31 Å². The van der Waals surface area contributed by atoms with E-state index < -0.39 is 10.0 Å². The van der Waals surface area contributed by atoms with E-state index in [-0.39, 0.29) is 28.0 Å². The van der Waals surface area contributed by atoms with E-state index in [9.17, 15) is 18.0 Å². The van der Waals surface area contributed by atoms with Crippen LogP contribution in [0.1, 0.15) is 34.6 Å². The number of carbonyl (C=O) groups excluding carboxylic acids is 2. The summed E-state index contributed by atoms with van der Waals surface area (Å²) < 4.78 is 26.4. The van der Waals surface area contributed by atoms with Crippen molar-refractivity contribution in [3.8, 4) is 0 Å². The Morgan fingerprint density at radius 3 is 2.25 bits per heavy atom. The normalized spacial score (nSPS) is 15.8. The Hall–Kier alpha value is -1.69. The number of thioether (sulfide) groups is 1. The van der Waals surface area contributed by atoms with Gasteiger partial charge in [0.25, 0.3) is 0 Å². The van der Waals surface area contributed by atoms with Crippen LogP contribution in [-0.4, -0.2) is 96.4 Å². The summed E-state index contributed by atoms with van der Waals surface area (Å²) >= 11 is 1.29. The van der Waals surface area contributed by atoms with Gasteiger partial charge in [-0.25, -0.2) is 13.4 Å². The monoisotopic (exact) mass is 485 g/mol. The van der Waals surface area contributed by atoms with Gasteiger partial charge in [0.15, 0.2) is 0 Å². The van der Waals surface area contributed by atoms with Crippen molar-refractivity contribution in [1.29, 1.82) is 0 Å². The summed E-state index contributed by atoms with van der Waals surface area (Å²) in [5.41, 5.74) is -0.256. The molecule has 11 heteroatoms. The lowest BCUT2D eigenvalue weighted by Gasteiger charge is -2.34. The molecule has 0 radical (unpaired) electrons. The molecular weight excluding hydrogens is 450 g/mol. The van der Waals surface area contributed by atoms with E-state index in [1.807, 2.05) is 20.8 Å². The predicted molar refractivity (Wildman–Crippen MR) is 126 cm³/mol. The zero-order valence-electron chi connectivity index (χ0n) is 19.6. The van der Waals surface area contributed by atoms with Crippen LogP contribution in [0.4, 0.5) is 0 Å². The fourth-order valence-corrected chi connectivity index (χ4v) is 5.51. The van der Waals surface area contributed by atoms with Crippen LogP contribution in [0, 0.1) is 0 Å². The Labute approximate surface area is 196 Å². The van der Waals surface area contributed by atoms with E-state index >= 15 is 0 Å². The van der Waals surface area contributed by atoms with Gasteiger partial charge >= 0.3 is 0 Å². The molecule has 1 N–H and O–H groups in total. The average molecular weight is 486 g/mol. The predicted octanol–water partition coefficient (Wildman–Crippen LogP) is 1.26. The number of aromatic nitrogens is 1. The first-order valence-corrected chi connectivity index (χ1v) is 13.3. The molecule has 1 aliphatic heterocycles. The molecule has 0 bridgehead atoms. The fraction of sp³-hybridized carbons (Fsp3) is 0.667. The van der Waals surface area contributed by atoms with Crippen molar-refractivity contribution in [2.75, 3.05) is 51.6 Å². The Morgan fingerprint density at radius 2 is 1.75 bits per heavy atom. The summed E-state index contributed by atoms with van der Waals surface area (Å²) in [6, 6.07) is 3.18. The molecule has 9 nitrogen and oxygen atoms in total. The van der Waals surface area contributed by atoms with Gasteiger partial charge < -0.3 is 10.2 Å². The highest BCUT2D eigenvalue weighted by Gasteiger charge is 2.24. The standard InChI is InChI=1S/C21H35N5O4S2/c1-6-26(7-2)32(29,30)17-8-9-19(22-14-17)31-16-20(28)25-12-10-24(11-13-25)15-18(27)23-21(3,4)5/h8-9,14H,6-7,10-13,15-16H2,1-5H3,(H,23,27). The number of sulfonamides is 1. The number of carbonyl (C=O) groups is 2. The number of hydrogen-bond donors (Lipinski definition) is 1. The van der Waals surface area contributed by atoms with E-state index in [1.165, 1.54) is 28.3 Å². The Bertz CT molecular complexity index is 872. The SMILES string of the molecule is CCN(CC)S(=O)(=O)c1ccc(SCC(=O)N2CCN(CC(=O)NC(C)(C)C)CC2)nc1. The minimum Gasteiger partial charge on any atom is -0.350 e. The van der Waals surface area contributed by atoms with Crippen molar-refractivity contribution in [3.63, 3.8) is 0 Å². The molecule has 0 spiro atoms. The maximum atomic E-state index is 12.6. The highest BCUT2D eigenvalue weighted by atomic mass is 32.2. The highest BCUT2D eigenvalue weighted by Crippen LogP contribution is 2.20. The first-order chi connectivity index (χ1) is 15.0. The van der Waals surface area contributed by atoms with E-state index in [2.05, 4.69) is 15.2 Å². The number of rotatable bonds is 9. The second kappa shape index (κ2) is 11.4. The van der Waals surface area contributed by atoms with Crippen LogP contribution < -0.4 is 5.32 Å². The minimum atomic E-state index is -3.54. The second-order valence-electron chi connectivity index (χ2n) is 8.67. The maximum Gasteiger partial charge on any atom is 0.244 e. The lowest BCUT2D eigenvalue weighted by Crippen LogP contribution is -2.53. The quantitative estimate of drug-likeness (QED) is 0.525. The molecule has 2 amide bonds. The molecule has 0 unspecified atom stereocenters. The molecule has 1 fully saturated rings. The molecule has 0 aliphatic carbocycles. The summed E-state index contributed by atoms with van der Waals surface area (Å²) in [5, 5.41) is 3.56. The molecule has 0 aromatic carbocycles. The number of piperazine rings is 1. The molecule has 1 saturated heterocycles. The number of hydrogen-bond acceptors (Lipinski definition) is 7. The van der Waals surface area contributed by atoms with E-state index in [0.717, 1.165) is 0 Å². The van der Waals surface area contributed by atoms with Crippen molar-refractivity contribution in [2.24, 2.45) is 0 Å². The molecule has 1 aromatic rings. The summed E-state index contributed by atoms with van der Waals surface area (Å²) in [6.07, 6.45) is 1.35. The largest absolute Gasteiger partial charge is 0.350 e. The number of pyridine rings is 1. The molecule has 1 aromatic heterocycles. The average Bonchev–Trinajstić information content (AvgIpc) is 2.72. The van der Waals surface area contributed by atoms with Crippen LogP contribution in [0.15, 0.2) is 28.3 Å². The zero-order chi connectivity index (χ0) is 23.9. The van der Waals surface area contributed by atoms with Crippen LogP contribution in [-0.2, 0) is 19.6 Å². The summed E-state index contributed by atoms with van der Waals surface area (Å²) in [6.45, 7) is 13.1. The molecule has 2 heterocycles. The maximum absolute atomic E-state index is 12.6. The van der Waals surface area contributed by atoms with Crippen LogP contribution >= 0.6 is 11.8 Å². The number of amides is 2. The number of nitrogens with one attached hydrogen (secondary N) is 1. The summed E-state index contributed by atoms with van der Waals surface area (Å²) in [5.74, 6) is 0.237. The van der Waals surface area contributed by atoms with Gasteiger partial charge in [-0.15, -0.1) is 0 Å². The van der Waals surface area contributed by atoms with Crippen LogP contribution in [0.25, 0.3) is 0 Å². The second-order valence-corrected chi connectivity index (χ2v) is 11.6.